The highest BCUT2D eigenvalue weighted by molar-refractivity contribution is 6.30. The summed E-state index contributed by atoms with van der Waals surface area (Å²) >= 11 is 5.96. The largest absolute Gasteiger partial charge is 0.333 e. The molecule has 0 saturated heterocycles. The molecule has 1 nitrogen and oxygen atoms in total. The number of benzene rings is 3. The normalized spacial score (nSPS) is 10.8. The molecule has 0 fully saturated rings. The van der Waals surface area contributed by atoms with Crippen molar-refractivity contribution < 1.29 is 5.32 Å². The van der Waals surface area contributed by atoms with E-state index in [1.54, 1.807) is 0 Å². The highest BCUT2D eigenvalue weighted by Crippen LogP contribution is 2.18. The van der Waals surface area contributed by atoms with Crippen LogP contribution in [0, 0.1) is 0 Å². The molecule has 0 radical (unpaired) electrons. The van der Waals surface area contributed by atoms with Crippen LogP contribution in [0.5, 0.6) is 0 Å². The van der Waals surface area contributed by atoms with Gasteiger partial charge in [0.05, 0.1) is 0 Å². The van der Waals surface area contributed by atoms with E-state index in [4.69, 9.17) is 11.6 Å². The van der Waals surface area contributed by atoms with Crippen LogP contribution in [-0.4, -0.2) is 0 Å². The van der Waals surface area contributed by atoms with Gasteiger partial charge in [-0.2, -0.15) is 0 Å². The molecule has 110 valence electrons. The van der Waals surface area contributed by atoms with Crippen molar-refractivity contribution in [2.75, 3.05) is 0 Å². The quantitative estimate of drug-likeness (QED) is 0.728. The standard InChI is InChI=1S/C20H18ClN/c21-19-13-11-16(12-14-19)15-22-20(17-7-3-1-4-8-17)18-9-5-2-6-10-18/h1-14,20,22H,15H2/p+1. The van der Waals surface area contributed by atoms with Gasteiger partial charge in [-0.25, -0.2) is 0 Å². The highest BCUT2D eigenvalue weighted by atomic mass is 35.5. The SMILES string of the molecule is Clc1ccc(C[NH2+]C(c2ccccc2)c2ccccc2)cc1. The fourth-order valence-electron chi connectivity index (χ4n) is 2.66. The first-order valence-corrected chi connectivity index (χ1v) is 7.88. The molecule has 0 spiro atoms. The van der Waals surface area contributed by atoms with Gasteiger partial charge < -0.3 is 5.32 Å². The molecule has 0 aliphatic carbocycles. The molecular formula is C20H19ClN+. The average Bonchev–Trinajstić information content (AvgIpc) is 2.59. The zero-order valence-corrected chi connectivity index (χ0v) is 13.1. The Morgan fingerprint density at radius 2 is 1.18 bits per heavy atom. The maximum atomic E-state index is 5.96. The van der Waals surface area contributed by atoms with Gasteiger partial charge in [0.1, 0.15) is 12.6 Å². The van der Waals surface area contributed by atoms with Gasteiger partial charge in [-0.15, -0.1) is 0 Å². The Kier molecular flexibility index (Phi) is 4.89. The molecule has 0 aromatic heterocycles. The van der Waals surface area contributed by atoms with Crippen LogP contribution >= 0.6 is 11.6 Å². The second-order valence-electron chi connectivity index (χ2n) is 5.37. The van der Waals surface area contributed by atoms with E-state index in [1.165, 1.54) is 16.7 Å². The van der Waals surface area contributed by atoms with Gasteiger partial charge in [-0.05, 0) is 12.1 Å². The molecule has 0 aliphatic rings. The minimum absolute atomic E-state index is 0.304. The molecule has 0 aliphatic heterocycles. The van der Waals surface area contributed by atoms with E-state index < -0.39 is 0 Å². The number of nitrogens with two attached hydrogens (primary N) is 1. The Morgan fingerprint density at radius 3 is 1.68 bits per heavy atom. The van der Waals surface area contributed by atoms with Crippen LogP contribution < -0.4 is 5.32 Å². The van der Waals surface area contributed by atoms with Gasteiger partial charge in [-0.1, -0.05) is 84.4 Å². The number of rotatable bonds is 5. The summed E-state index contributed by atoms with van der Waals surface area (Å²) in [5.74, 6) is 0. The predicted octanol–water partition coefficient (Wildman–Crippen LogP) is 4.19. The summed E-state index contributed by atoms with van der Waals surface area (Å²) in [6, 6.07) is 29.7. The van der Waals surface area contributed by atoms with E-state index in [2.05, 4.69) is 78.1 Å². The Labute approximate surface area is 136 Å². The maximum absolute atomic E-state index is 5.96. The lowest BCUT2D eigenvalue weighted by molar-refractivity contribution is -0.702. The zero-order valence-electron chi connectivity index (χ0n) is 12.3. The molecule has 2 heteroatoms. The summed E-state index contributed by atoms with van der Waals surface area (Å²) in [6.07, 6.45) is 0. The molecule has 0 heterocycles. The summed E-state index contributed by atoms with van der Waals surface area (Å²) in [5, 5.41) is 3.15. The van der Waals surface area contributed by atoms with Crippen molar-refractivity contribution in [2.45, 2.75) is 12.6 Å². The lowest BCUT2D eigenvalue weighted by atomic mass is 9.98. The first-order valence-electron chi connectivity index (χ1n) is 7.50. The second-order valence-corrected chi connectivity index (χ2v) is 5.80. The second kappa shape index (κ2) is 7.26. The van der Waals surface area contributed by atoms with Gasteiger partial charge in [0.2, 0.25) is 0 Å². The molecule has 0 unspecified atom stereocenters. The van der Waals surface area contributed by atoms with Crippen LogP contribution in [0.25, 0.3) is 0 Å². The van der Waals surface area contributed by atoms with Crippen molar-refractivity contribution in [3.8, 4) is 0 Å². The van der Waals surface area contributed by atoms with E-state index in [-0.39, 0.29) is 0 Å². The van der Waals surface area contributed by atoms with Gasteiger partial charge in [-0.3, -0.25) is 0 Å². The van der Waals surface area contributed by atoms with Crippen molar-refractivity contribution in [1.29, 1.82) is 0 Å². The average molecular weight is 309 g/mol. The lowest BCUT2D eigenvalue weighted by Gasteiger charge is -2.16. The number of hydrogen-bond acceptors (Lipinski definition) is 0. The fraction of sp³-hybridized carbons (Fsp3) is 0.100. The Bertz CT molecular complexity index is 653. The van der Waals surface area contributed by atoms with Crippen molar-refractivity contribution in [2.24, 2.45) is 0 Å². The third-order valence-electron chi connectivity index (χ3n) is 3.82. The van der Waals surface area contributed by atoms with Crippen LogP contribution in [0.2, 0.25) is 5.02 Å². The fourth-order valence-corrected chi connectivity index (χ4v) is 2.79. The Balaban J connectivity index is 1.81. The minimum atomic E-state index is 0.304. The summed E-state index contributed by atoms with van der Waals surface area (Å²) in [6.45, 7) is 0.922. The molecule has 3 aromatic rings. The van der Waals surface area contributed by atoms with Gasteiger partial charge in [0.15, 0.2) is 0 Å². The smallest absolute Gasteiger partial charge is 0.138 e. The van der Waals surface area contributed by atoms with Crippen LogP contribution in [0.4, 0.5) is 0 Å². The van der Waals surface area contributed by atoms with Crippen molar-refractivity contribution in [1.82, 2.24) is 0 Å². The van der Waals surface area contributed by atoms with E-state index in [0.717, 1.165) is 11.6 Å². The topological polar surface area (TPSA) is 16.6 Å². The number of hydrogen-bond donors (Lipinski definition) is 1. The zero-order chi connectivity index (χ0) is 15.2. The minimum Gasteiger partial charge on any atom is -0.333 e. The first-order chi connectivity index (χ1) is 10.8. The summed E-state index contributed by atoms with van der Waals surface area (Å²) in [7, 11) is 0. The van der Waals surface area contributed by atoms with E-state index >= 15 is 0 Å². The monoisotopic (exact) mass is 308 g/mol. The van der Waals surface area contributed by atoms with Crippen LogP contribution in [0.1, 0.15) is 22.7 Å². The third kappa shape index (κ3) is 3.76. The highest BCUT2D eigenvalue weighted by Gasteiger charge is 2.16. The molecule has 3 aromatic carbocycles. The number of halogens is 1. The van der Waals surface area contributed by atoms with E-state index in [1.807, 2.05) is 12.1 Å². The van der Waals surface area contributed by atoms with Crippen molar-refractivity contribution in [3.63, 3.8) is 0 Å². The predicted molar refractivity (Wildman–Crippen MR) is 91.8 cm³/mol. The van der Waals surface area contributed by atoms with Gasteiger partial charge in [0.25, 0.3) is 0 Å². The first kappa shape index (κ1) is 14.8. The molecule has 0 saturated carbocycles. The summed E-state index contributed by atoms with van der Waals surface area (Å²) in [5.41, 5.74) is 3.92. The van der Waals surface area contributed by atoms with Gasteiger partial charge in [0, 0.05) is 21.7 Å². The number of quaternary nitrogens is 1. The molecule has 22 heavy (non-hydrogen) atoms. The maximum Gasteiger partial charge on any atom is 0.138 e. The van der Waals surface area contributed by atoms with E-state index in [9.17, 15) is 0 Å². The molecule has 0 atom stereocenters. The van der Waals surface area contributed by atoms with E-state index in [0.29, 0.717) is 6.04 Å². The third-order valence-corrected chi connectivity index (χ3v) is 4.07. The van der Waals surface area contributed by atoms with Crippen molar-refractivity contribution in [3.05, 3.63) is 107 Å². The van der Waals surface area contributed by atoms with Crippen LogP contribution in [0.15, 0.2) is 84.9 Å². The van der Waals surface area contributed by atoms with Crippen LogP contribution in [-0.2, 0) is 6.54 Å². The van der Waals surface area contributed by atoms with Crippen molar-refractivity contribution >= 4 is 11.6 Å². The van der Waals surface area contributed by atoms with Gasteiger partial charge >= 0.3 is 0 Å². The molecule has 0 bridgehead atoms. The Morgan fingerprint density at radius 1 is 0.682 bits per heavy atom. The lowest BCUT2D eigenvalue weighted by Crippen LogP contribution is -2.83. The molecule has 0 amide bonds. The molecule has 3 rings (SSSR count). The van der Waals surface area contributed by atoms with Crippen LogP contribution in [0.3, 0.4) is 0 Å². The molecular weight excluding hydrogens is 290 g/mol. The molecule has 2 N–H and O–H groups in total. The Hall–Kier alpha value is -2.09. The summed E-state index contributed by atoms with van der Waals surface area (Å²) in [4.78, 5) is 0. The summed E-state index contributed by atoms with van der Waals surface area (Å²) < 4.78 is 0.